The van der Waals surface area contributed by atoms with Crippen molar-refractivity contribution in [1.29, 1.82) is 0 Å². The molecule has 0 aromatic heterocycles. The van der Waals surface area contributed by atoms with Crippen LogP contribution in [0, 0.1) is 0 Å². The first-order valence-corrected chi connectivity index (χ1v) is 6.40. The Morgan fingerprint density at radius 2 is 2.00 bits per heavy atom. The summed E-state index contributed by atoms with van der Waals surface area (Å²) in [5.41, 5.74) is -0.269. The molecule has 0 aliphatic heterocycles. The molecule has 5 heteroatoms. The third-order valence-corrected chi connectivity index (χ3v) is 3.52. The lowest BCUT2D eigenvalue weighted by molar-refractivity contribution is -0.136. The van der Waals surface area contributed by atoms with Gasteiger partial charge in [-0.1, -0.05) is 6.92 Å². The number of carboxylic acid groups (broad SMARTS) is 1. The van der Waals surface area contributed by atoms with Gasteiger partial charge in [-0.3, -0.25) is 9.00 Å². The van der Waals surface area contributed by atoms with Crippen LogP contribution in [-0.2, 0) is 20.3 Å². The average Bonchev–Trinajstić information content (AvgIpc) is 2.01. The number of hydrogen-bond acceptors (Lipinski definition) is 3. The fourth-order valence-corrected chi connectivity index (χ4v) is 2.17. The van der Waals surface area contributed by atoms with Crippen LogP contribution in [0.5, 0.6) is 0 Å². The lowest BCUT2D eigenvalue weighted by Crippen LogP contribution is -2.29. The van der Waals surface area contributed by atoms with E-state index in [1.807, 2.05) is 20.8 Å². The van der Waals surface area contributed by atoms with Gasteiger partial charge in [0.05, 0.1) is 12.2 Å². The van der Waals surface area contributed by atoms with Crippen molar-refractivity contribution in [3.8, 4) is 0 Å². The molecule has 0 heterocycles. The monoisotopic (exact) mass is 236 g/mol. The minimum absolute atomic E-state index is 0.269. The van der Waals surface area contributed by atoms with Crippen LogP contribution in [0.15, 0.2) is 0 Å². The average molecular weight is 236 g/mol. The molecule has 0 saturated carbocycles. The van der Waals surface area contributed by atoms with Crippen molar-refractivity contribution in [3.63, 3.8) is 0 Å². The molecule has 1 N–H and O–H groups in total. The van der Waals surface area contributed by atoms with E-state index in [-0.39, 0.29) is 11.4 Å². The summed E-state index contributed by atoms with van der Waals surface area (Å²) in [6.07, 6.45) is 0.386. The Bertz CT molecular complexity index is 232. The van der Waals surface area contributed by atoms with Crippen molar-refractivity contribution in [2.24, 2.45) is 0 Å². The molecule has 90 valence electrons. The highest BCUT2D eigenvalue weighted by atomic mass is 32.2. The maximum absolute atomic E-state index is 11.6. The van der Waals surface area contributed by atoms with Gasteiger partial charge in [0.25, 0.3) is 0 Å². The minimum atomic E-state index is -1.35. The summed E-state index contributed by atoms with van der Waals surface area (Å²) < 4.78 is 16.9. The molecule has 0 fully saturated rings. The zero-order valence-electron chi connectivity index (χ0n) is 9.78. The van der Waals surface area contributed by atoms with Gasteiger partial charge in [0, 0.05) is 16.6 Å². The van der Waals surface area contributed by atoms with Gasteiger partial charge >= 0.3 is 5.97 Å². The second-order valence-electron chi connectivity index (χ2n) is 4.28. The van der Waals surface area contributed by atoms with E-state index in [9.17, 15) is 9.00 Å². The van der Waals surface area contributed by atoms with E-state index in [1.165, 1.54) is 0 Å². The SMILES string of the molecule is CCC(C(=O)O)S(=O)CCOC(C)(C)C. The van der Waals surface area contributed by atoms with Crippen LogP contribution < -0.4 is 0 Å². The van der Waals surface area contributed by atoms with Crippen LogP contribution in [0.25, 0.3) is 0 Å². The van der Waals surface area contributed by atoms with Crippen LogP contribution in [-0.4, -0.2) is 38.5 Å². The third-order valence-electron chi connectivity index (χ3n) is 1.78. The van der Waals surface area contributed by atoms with Crippen LogP contribution in [0.1, 0.15) is 34.1 Å². The molecule has 0 aromatic carbocycles. The predicted octanol–water partition coefficient (Wildman–Crippen LogP) is 1.41. The zero-order chi connectivity index (χ0) is 12.1. The van der Waals surface area contributed by atoms with Crippen molar-refractivity contribution in [2.75, 3.05) is 12.4 Å². The fraction of sp³-hybridized carbons (Fsp3) is 0.900. The number of carbonyl (C=O) groups is 1. The summed E-state index contributed by atoms with van der Waals surface area (Å²) in [6.45, 7) is 7.78. The lowest BCUT2D eigenvalue weighted by atomic mass is 10.2. The summed E-state index contributed by atoms with van der Waals surface area (Å²) in [7, 11) is -1.35. The molecule has 0 rings (SSSR count). The summed E-state index contributed by atoms with van der Waals surface area (Å²) >= 11 is 0. The van der Waals surface area contributed by atoms with E-state index < -0.39 is 22.0 Å². The Kier molecular flexibility index (Phi) is 6.05. The highest BCUT2D eigenvalue weighted by molar-refractivity contribution is 7.86. The molecule has 0 saturated heterocycles. The molecule has 0 aliphatic carbocycles. The Morgan fingerprint density at radius 1 is 1.47 bits per heavy atom. The molecule has 0 aromatic rings. The van der Waals surface area contributed by atoms with Gasteiger partial charge in [-0.25, -0.2) is 0 Å². The Morgan fingerprint density at radius 3 is 2.33 bits per heavy atom. The first-order valence-electron chi connectivity index (χ1n) is 5.02. The summed E-state index contributed by atoms with van der Waals surface area (Å²) in [5.74, 6) is -0.714. The van der Waals surface area contributed by atoms with Crippen molar-refractivity contribution >= 4 is 16.8 Å². The molecular weight excluding hydrogens is 216 g/mol. The van der Waals surface area contributed by atoms with Crippen molar-refractivity contribution in [1.82, 2.24) is 0 Å². The first-order chi connectivity index (χ1) is 6.78. The molecule has 0 aliphatic rings. The second kappa shape index (κ2) is 6.23. The van der Waals surface area contributed by atoms with Crippen LogP contribution >= 0.6 is 0 Å². The summed E-state index contributed by atoms with van der Waals surface area (Å²) in [4.78, 5) is 10.7. The van der Waals surface area contributed by atoms with E-state index in [0.717, 1.165) is 0 Å². The van der Waals surface area contributed by atoms with Gasteiger partial charge in [-0.2, -0.15) is 0 Å². The highest BCUT2D eigenvalue weighted by Crippen LogP contribution is 2.08. The van der Waals surface area contributed by atoms with Gasteiger partial charge in [-0.05, 0) is 27.2 Å². The van der Waals surface area contributed by atoms with Gasteiger partial charge in [0.1, 0.15) is 5.25 Å². The standard InChI is InChI=1S/C10H20O4S/c1-5-8(9(11)12)15(13)7-6-14-10(2,3)4/h8H,5-7H2,1-4H3,(H,11,12). The lowest BCUT2D eigenvalue weighted by Gasteiger charge is -2.19. The Labute approximate surface area is 93.5 Å². The molecular formula is C10H20O4S. The Hall–Kier alpha value is -0.420. The van der Waals surface area contributed by atoms with Crippen molar-refractivity contribution in [2.45, 2.75) is 45.0 Å². The maximum Gasteiger partial charge on any atom is 0.319 e. The van der Waals surface area contributed by atoms with E-state index in [1.54, 1.807) is 6.92 Å². The van der Waals surface area contributed by atoms with E-state index in [0.29, 0.717) is 13.0 Å². The predicted molar refractivity (Wildman–Crippen MR) is 60.4 cm³/mol. The molecule has 0 bridgehead atoms. The van der Waals surface area contributed by atoms with Gasteiger partial charge in [-0.15, -0.1) is 0 Å². The number of carboxylic acids is 1. The first kappa shape index (κ1) is 14.6. The Balaban J connectivity index is 3.98. The largest absolute Gasteiger partial charge is 0.480 e. The number of hydrogen-bond donors (Lipinski definition) is 1. The van der Waals surface area contributed by atoms with Crippen LogP contribution in [0.4, 0.5) is 0 Å². The fourth-order valence-electron chi connectivity index (χ4n) is 1.05. The molecule has 0 amide bonds. The molecule has 2 atom stereocenters. The van der Waals surface area contributed by atoms with E-state index in [2.05, 4.69) is 0 Å². The van der Waals surface area contributed by atoms with Crippen LogP contribution in [0.2, 0.25) is 0 Å². The van der Waals surface area contributed by atoms with E-state index >= 15 is 0 Å². The van der Waals surface area contributed by atoms with Crippen LogP contribution in [0.3, 0.4) is 0 Å². The highest BCUT2D eigenvalue weighted by Gasteiger charge is 2.22. The summed E-state index contributed by atoms with van der Waals surface area (Å²) in [6, 6.07) is 0. The third kappa shape index (κ3) is 6.62. The second-order valence-corrected chi connectivity index (χ2v) is 6.02. The smallest absolute Gasteiger partial charge is 0.319 e. The van der Waals surface area contributed by atoms with Gasteiger partial charge in [0.2, 0.25) is 0 Å². The molecule has 0 radical (unpaired) electrons. The zero-order valence-corrected chi connectivity index (χ0v) is 10.6. The number of aliphatic carboxylic acids is 1. The number of ether oxygens (including phenoxy) is 1. The normalized spacial score (nSPS) is 16.0. The molecule has 15 heavy (non-hydrogen) atoms. The van der Waals surface area contributed by atoms with E-state index in [4.69, 9.17) is 9.84 Å². The van der Waals surface area contributed by atoms with Crippen molar-refractivity contribution < 1.29 is 18.8 Å². The summed E-state index contributed by atoms with van der Waals surface area (Å²) in [5, 5.41) is 8.00. The van der Waals surface area contributed by atoms with Crippen molar-refractivity contribution in [3.05, 3.63) is 0 Å². The maximum atomic E-state index is 11.6. The minimum Gasteiger partial charge on any atom is -0.480 e. The van der Waals surface area contributed by atoms with Gasteiger partial charge in [0.15, 0.2) is 0 Å². The number of rotatable bonds is 6. The topological polar surface area (TPSA) is 63.6 Å². The quantitative estimate of drug-likeness (QED) is 0.757. The molecule has 0 spiro atoms. The van der Waals surface area contributed by atoms with Gasteiger partial charge < -0.3 is 9.84 Å². The molecule has 4 nitrogen and oxygen atoms in total. The molecule has 2 unspecified atom stereocenters.